The number of oxime groups is 1. The fourth-order valence-corrected chi connectivity index (χ4v) is 5.36. The number of morpholine rings is 1. The second-order valence-corrected chi connectivity index (χ2v) is 9.66. The summed E-state index contributed by atoms with van der Waals surface area (Å²) < 4.78 is 10.9. The predicted molar refractivity (Wildman–Crippen MR) is 132 cm³/mol. The molecule has 0 saturated carbocycles. The number of carbonyl (C=O) groups is 2. The van der Waals surface area contributed by atoms with Gasteiger partial charge in [0, 0.05) is 44.7 Å². The highest BCUT2D eigenvalue weighted by Gasteiger charge is 2.47. The van der Waals surface area contributed by atoms with Crippen LogP contribution >= 0.6 is 0 Å². The van der Waals surface area contributed by atoms with Crippen LogP contribution in [0.1, 0.15) is 24.6 Å². The molecule has 0 radical (unpaired) electrons. The van der Waals surface area contributed by atoms with Gasteiger partial charge in [0.05, 0.1) is 37.2 Å². The highest BCUT2D eigenvalue weighted by Crippen LogP contribution is 2.40. The van der Waals surface area contributed by atoms with Crippen LogP contribution in [0.15, 0.2) is 41.7 Å². The second-order valence-electron chi connectivity index (χ2n) is 9.66. The number of nitrogens with zero attached hydrogens (tertiary/aromatic N) is 4. The van der Waals surface area contributed by atoms with Gasteiger partial charge in [-0.05, 0) is 35.7 Å². The van der Waals surface area contributed by atoms with Gasteiger partial charge in [0.25, 0.3) is 0 Å². The number of rotatable bonds is 6. The Hall–Kier alpha value is -3.50. The van der Waals surface area contributed by atoms with Gasteiger partial charge in [0.15, 0.2) is 0 Å². The van der Waals surface area contributed by atoms with Crippen molar-refractivity contribution in [1.29, 1.82) is 0 Å². The molecule has 10 heteroatoms. The van der Waals surface area contributed by atoms with Crippen LogP contribution in [0.4, 0.5) is 10.5 Å². The van der Waals surface area contributed by atoms with Crippen LogP contribution in [0, 0.1) is 0 Å². The van der Waals surface area contributed by atoms with Crippen molar-refractivity contribution in [3.63, 3.8) is 0 Å². The fourth-order valence-electron chi connectivity index (χ4n) is 5.36. The third-order valence-corrected chi connectivity index (χ3v) is 7.22. The molecule has 0 bridgehead atoms. The van der Waals surface area contributed by atoms with Crippen molar-refractivity contribution in [2.75, 3.05) is 44.3 Å². The molecule has 1 aromatic heterocycles. The third kappa shape index (κ3) is 4.42. The average molecular weight is 492 g/mol. The summed E-state index contributed by atoms with van der Waals surface area (Å²) in [5.74, 6) is -0.138. The van der Waals surface area contributed by atoms with E-state index in [2.05, 4.69) is 26.4 Å². The van der Waals surface area contributed by atoms with Crippen molar-refractivity contribution < 1.29 is 23.9 Å². The van der Waals surface area contributed by atoms with Crippen molar-refractivity contribution >= 4 is 23.4 Å². The van der Waals surface area contributed by atoms with Gasteiger partial charge in [0.1, 0.15) is 17.9 Å². The van der Waals surface area contributed by atoms with E-state index in [-0.39, 0.29) is 30.3 Å². The lowest BCUT2D eigenvalue weighted by Crippen LogP contribution is -2.41. The molecule has 4 aliphatic heterocycles. The minimum atomic E-state index is -0.362. The molecule has 0 spiro atoms. The van der Waals surface area contributed by atoms with Crippen LogP contribution in [0.2, 0.25) is 0 Å². The van der Waals surface area contributed by atoms with E-state index in [4.69, 9.17) is 14.3 Å². The van der Waals surface area contributed by atoms with Crippen LogP contribution in [0.5, 0.6) is 0 Å². The zero-order valence-corrected chi connectivity index (χ0v) is 20.2. The van der Waals surface area contributed by atoms with Crippen LogP contribution < -0.4 is 10.2 Å². The first-order valence-corrected chi connectivity index (χ1v) is 12.4. The summed E-state index contributed by atoms with van der Waals surface area (Å²) in [6, 6.07) is 10.0. The Morgan fingerprint density at radius 3 is 2.75 bits per heavy atom. The molecule has 2 saturated heterocycles. The summed E-state index contributed by atoms with van der Waals surface area (Å²) in [6.07, 6.45) is 2.61. The van der Waals surface area contributed by atoms with Crippen LogP contribution in [0.25, 0.3) is 11.1 Å². The Bertz CT molecular complexity index is 1190. The number of cyclic esters (lactones) is 1. The van der Waals surface area contributed by atoms with Crippen molar-refractivity contribution in [3.05, 3.63) is 47.8 Å². The third-order valence-electron chi connectivity index (χ3n) is 7.22. The van der Waals surface area contributed by atoms with E-state index in [1.807, 2.05) is 30.5 Å². The molecule has 2 aromatic rings. The first-order chi connectivity index (χ1) is 17.5. The molecule has 3 atom stereocenters. The maximum absolute atomic E-state index is 12.5. The lowest BCUT2D eigenvalue weighted by atomic mass is 10.00. The highest BCUT2D eigenvalue weighted by molar-refractivity contribution is 6.00. The normalized spacial score (nSPS) is 25.1. The average Bonchev–Trinajstić information content (AvgIpc) is 3.58. The molecule has 1 aromatic carbocycles. The minimum absolute atomic E-state index is 0.0481. The molecule has 6 rings (SSSR count). The van der Waals surface area contributed by atoms with Crippen molar-refractivity contribution in [2.45, 2.75) is 38.0 Å². The van der Waals surface area contributed by atoms with Crippen LogP contribution in [-0.4, -0.2) is 85.2 Å². The molecule has 1 unspecified atom stereocenters. The Kier molecular flexibility index (Phi) is 6.06. The van der Waals surface area contributed by atoms with Gasteiger partial charge in [-0.3, -0.25) is 19.6 Å². The number of carbonyl (C=O) groups excluding carboxylic acids is 2. The lowest BCUT2D eigenvalue weighted by Gasteiger charge is -2.27. The minimum Gasteiger partial charge on any atom is -0.442 e. The molecular formula is C26H29N5O5. The Balaban J connectivity index is 1.12. The Labute approximate surface area is 209 Å². The number of ether oxygens (including phenoxy) is 2. The summed E-state index contributed by atoms with van der Waals surface area (Å²) in [5.41, 5.74) is 5.69. The molecular weight excluding hydrogens is 462 g/mol. The molecule has 4 aliphatic rings. The van der Waals surface area contributed by atoms with Crippen molar-refractivity contribution in [2.24, 2.45) is 5.16 Å². The molecule has 0 aliphatic carbocycles. The number of anilines is 1. The van der Waals surface area contributed by atoms with E-state index >= 15 is 0 Å². The summed E-state index contributed by atoms with van der Waals surface area (Å²) in [5, 5.41) is 7.05. The van der Waals surface area contributed by atoms with Gasteiger partial charge < -0.3 is 19.6 Å². The van der Waals surface area contributed by atoms with E-state index in [1.54, 1.807) is 4.90 Å². The molecule has 1 N–H and O–H groups in total. The van der Waals surface area contributed by atoms with Gasteiger partial charge in [-0.25, -0.2) is 4.79 Å². The van der Waals surface area contributed by atoms with Gasteiger partial charge in [-0.1, -0.05) is 17.3 Å². The molecule has 5 heterocycles. The quantitative estimate of drug-likeness (QED) is 0.659. The lowest BCUT2D eigenvalue weighted by molar-refractivity contribution is -0.119. The maximum Gasteiger partial charge on any atom is 0.415 e. The van der Waals surface area contributed by atoms with Gasteiger partial charge in [-0.2, -0.15) is 0 Å². The number of benzene rings is 1. The van der Waals surface area contributed by atoms with Crippen LogP contribution in [-0.2, 0) is 25.5 Å². The van der Waals surface area contributed by atoms with Crippen LogP contribution in [0.3, 0.4) is 0 Å². The number of hydrogen-bond acceptors (Lipinski definition) is 8. The smallest absolute Gasteiger partial charge is 0.415 e. The Morgan fingerprint density at radius 2 is 1.97 bits per heavy atom. The van der Waals surface area contributed by atoms with Gasteiger partial charge in [-0.15, -0.1) is 0 Å². The summed E-state index contributed by atoms with van der Waals surface area (Å²) >= 11 is 0. The number of amides is 2. The zero-order chi connectivity index (χ0) is 24.6. The van der Waals surface area contributed by atoms with E-state index in [9.17, 15) is 9.59 Å². The molecule has 2 fully saturated rings. The highest BCUT2D eigenvalue weighted by atomic mass is 16.6. The molecule has 10 nitrogen and oxygen atoms in total. The first kappa shape index (κ1) is 22.9. The molecule has 188 valence electrons. The van der Waals surface area contributed by atoms with E-state index < -0.39 is 0 Å². The number of nitrogens with one attached hydrogen (secondary N) is 1. The SMILES string of the molecule is CC(=O)NC[C@@H]1OC(=O)N2c3ccc(-c4ccc(C5=NOC(CN6CCOCC6)C5)nc4)cc3C[C@@H]12. The van der Waals surface area contributed by atoms with E-state index in [0.29, 0.717) is 13.0 Å². The molecule has 36 heavy (non-hydrogen) atoms. The fraction of sp³-hybridized carbons (Fsp3) is 0.462. The zero-order valence-electron chi connectivity index (χ0n) is 20.2. The van der Waals surface area contributed by atoms with Crippen molar-refractivity contribution in [3.8, 4) is 11.1 Å². The number of aromatic nitrogens is 1. The van der Waals surface area contributed by atoms with Gasteiger partial charge in [0.2, 0.25) is 5.91 Å². The number of pyridine rings is 1. The number of fused-ring (bicyclic) bond motifs is 3. The van der Waals surface area contributed by atoms with Gasteiger partial charge >= 0.3 is 6.09 Å². The summed E-state index contributed by atoms with van der Waals surface area (Å²) in [4.78, 5) is 38.2. The maximum atomic E-state index is 12.5. The second kappa shape index (κ2) is 9.51. The Morgan fingerprint density at radius 1 is 1.14 bits per heavy atom. The summed E-state index contributed by atoms with van der Waals surface area (Å²) in [6.45, 7) is 6.02. The standard InChI is InChI=1S/C26H29N5O5/c1-16(32)27-14-25-24-11-19-10-17(3-5-23(19)31(24)26(33)35-25)18-2-4-21(28-13-18)22-12-20(36-29-22)15-30-6-8-34-9-7-30/h2-5,10,13,20,24-25H,6-9,11-12,14-15H2,1H3,(H,27,32)/t20?,24-,25-/m0/s1. The molecule has 2 amide bonds. The topological polar surface area (TPSA) is 106 Å². The largest absolute Gasteiger partial charge is 0.442 e. The summed E-state index contributed by atoms with van der Waals surface area (Å²) in [7, 11) is 0. The van der Waals surface area contributed by atoms with E-state index in [0.717, 1.165) is 73.1 Å². The first-order valence-electron chi connectivity index (χ1n) is 12.4. The number of hydrogen-bond donors (Lipinski definition) is 1. The predicted octanol–water partition coefficient (Wildman–Crippen LogP) is 1.96. The monoisotopic (exact) mass is 491 g/mol. The van der Waals surface area contributed by atoms with Crippen molar-refractivity contribution in [1.82, 2.24) is 15.2 Å². The van der Waals surface area contributed by atoms with E-state index in [1.165, 1.54) is 6.92 Å².